The zero-order valence-corrected chi connectivity index (χ0v) is 12.8. The van der Waals surface area contributed by atoms with Gasteiger partial charge >= 0.3 is 0 Å². The van der Waals surface area contributed by atoms with Gasteiger partial charge in [0.2, 0.25) is 0 Å². The summed E-state index contributed by atoms with van der Waals surface area (Å²) in [4.78, 5) is 5.46. The van der Waals surface area contributed by atoms with Gasteiger partial charge in [0.25, 0.3) is 0 Å². The van der Waals surface area contributed by atoms with Gasteiger partial charge in [0.15, 0.2) is 4.34 Å². The van der Waals surface area contributed by atoms with Crippen molar-refractivity contribution in [1.82, 2.24) is 9.36 Å². The number of aromatic nitrogens is 2. The van der Waals surface area contributed by atoms with Gasteiger partial charge in [-0.2, -0.15) is 4.37 Å². The summed E-state index contributed by atoms with van der Waals surface area (Å²) in [6, 6.07) is 5.74. The van der Waals surface area contributed by atoms with Gasteiger partial charge < -0.3 is 10.5 Å². The predicted molar refractivity (Wildman–Crippen MR) is 80.0 cm³/mol. The Balaban J connectivity index is 2.17. The van der Waals surface area contributed by atoms with E-state index in [0.717, 1.165) is 27.2 Å². The number of aryl methyl sites for hydroxylation is 1. The highest BCUT2D eigenvalue weighted by Crippen LogP contribution is 2.33. The van der Waals surface area contributed by atoms with Crippen LogP contribution in [0.15, 0.2) is 27.4 Å². The molecule has 0 saturated carbocycles. The Morgan fingerprint density at radius 2 is 2.16 bits per heavy atom. The van der Waals surface area contributed by atoms with E-state index < -0.39 is 0 Å². The highest BCUT2D eigenvalue weighted by molar-refractivity contribution is 8.01. The van der Waals surface area contributed by atoms with E-state index in [1.165, 1.54) is 11.5 Å². The van der Waals surface area contributed by atoms with Crippen molar-refractivity contribution in [2.45, 2.75) is 42.5 Å². The maximum Gasteiger partial charge on any atom is 0.174 e. The van der Waals surface area contributed by atoms with Crippen molar-refractivity contribution in [3.05, 3.63) is 24.0 Å². The molecule has 0 bridgehead atoms. The molecule has 2 aromatic rings. The first kappa shape index (κ1) is 14.1. The Labute approximate surface area is 121 Å². The Kier molecular flexibility index (Phi) is 4.66. The molecule has 0 amide bonds. The molecule has 1 aromatic carbocycles. The topological polar surface area (TPSA) is 61.0 Å². The van der Waals surface area contributed by atoms with Crippen LogP contribution in [-0.4, -0.2) is 15.5 Å². The van der Waals surface area contributed by atoms with Gasteiger partial charge in [0.05, 0.1) is 6.10 Å². The van der Waals surface area contributed by atoms with Crippen LogP contribution in [0.4, 0.5) is 5.69 Å². The average Bonchev–Trinajstić information content (AvgIpc) is 2.74. The van der Waals surface area contributed by atoms with Crippen molar-refractivity contribution in [3.8, 4) is 5.75 Å². The molecular formula is C13H17N3OS2. The van der Waals surface area contributed by atoms with Crippen LogP contribution in [0.1, 0.15) is 26.6 Å². The first-order valence-electron chi connectivity index (χ1n) is 6.14. The third kappa shape index (κ3) is 4.11. The van der Waals surface area contributed by atoms with Crippen LogP contribution in [0.5, 0.6) is 5.75 Å². The number of nitrogen functional groups attached to an aromatic ring is 1. The summed E-state index contributed by atoms with van der Waals surface area (Å²) in [5.41, 5.74) is 6.59. The number of hydrogen-bond donors (Lipinski definition) is 1. The first-order chi connectivity index (χ1) is 9.06. The number of ether oxygens (including phenoxy) is 1. The van der Waals surface area contributed by atoms with Crippen LogP contribution in [0.25, 0.3) is 0 Å². The Morgan fingerprint density at radius 1 is 1.37 bits per heavy atom. The number of nitrogens with zero attached hydrogens (tertiary/aromatic N) is 2. The molecule has 0 saturated heterocycles. The van der Waals surface area contributed by atoms with E-state index in [1.54, 1.807) is 11.8 Å². The Bertz CT molecular complexity index is 555. The van der Waals surface area contributed by atoms with Crippen LogP contribution in [-0.2, 0) is 6.42 Å². The highest BCUT2D eigenvalue weighted by Gasteiger charge is 2.07. The highest BCUT2D eigenvalue weighted by atomic mass is 32.2. The first-order valence-corrected chi connectivity index (χ1v) is 7.73. The monoisotopic (exact) mass is 295 g/mol. The number of nitrogens with two attached hydrogens (primary N) is 1. The summed E-state index contributed by atoms with van der Waals surface area (Å²) >= 11 is 2.98. The van der Waals surface area contributed by atoms with E-state index in [9.17, 15) is 0 Å². The number of hydrogen-bond acceptors (Lipinski definition) is 6. The van der Waals surface area contributed by atoms with Crippen LogP contribution in [0.3, 0.4) is 0 Å². The second kappa shape index (κ2) is 6.25. The van der Waals surface area contributed by atoms with Crippen molar-refractivity contribution in [1.29, 1.82) is 0 Å². The molecule has 2 rings (SSSR count). The minimum Gasteiger partial charge on any atom is -0.491 e. The van der Waals surface area contributed by atoms with Crippen molar-refractivity contribution < 1.29 is 4.74 Å². The van der Waals surface area contributed by atoms with E-state index in [0.29, 0.717) is 5.69 Å². The van der Waals surface area contributed by atoms with Crippen molar-refractivity contribution in [2.24, 2.45) is 0 Å². The summed E-state index contributed by atoms with van der Waals surface area (Å²) in [5, 5.41) is 0. The molecule has 19 heavy (non-hydrogen) atoms. The molecule has 6 heteroatoms. The molecule has 0 radical (unpaired) electrons. The fourth-order valence-electron chi connectivity index (χ4n) is 1.52. The second-order valence-electron chi connectivity index (χ2n) is 4.34. The van der Waals surface area contributed by atoms with E-state index >= 15 is 0 Å². The third-order valence-electron chi connectivity index (χ3n) is 2.24. The molecule has 4 nitrogen and oxygen atoms in total. The quantitative estimate of drug-likeness (QED) is 0.854. The van der Waals surface area contributed by atoms with Crippen molar-refractivity contribution in [2.75, 3.05) is 5.73 Å². The zero-order chi connectivity index (χ0) is 13.8. The lowest BCUT2D eigenvalue weighted by Crippen LogP contribution is -2.05. The van der Waals surface area contributed by atoms with E-state index in [2.05, 4.69) is 9.36 Å². The lowest BCUT2D eigenvalue weighted by Gasteiger charge is -2.11. The van der Waals surface area contributed by atoms with Gasteiger partial charge in [-0.05, 0) is 37.5 Å². The normalized spacial score (nSPS) is 10.9. The molecule has 0 aliphatic carbocycles. The van der Waals surface area contributed by atoms with E-state index in [1.807, 2.05) is 39.0 Å². The largest absolute Gasteiger partial charge is 0.491 e. The summed E-state index contributed by atoms with van der Waals surface area (Å²) in [7, 11) is 0. The number of benzene rings is 1. The third-order valence-corrected chi connectivity index (χ3v) is 4.01. The summed E-state index contributed by atoms with van der Waals surface area (Å²) in [6.45, 7) is 6.04. The van der Waals surface area contributed by atoms with E-state index in [-0.39, 0.29) is 6.10 Å². The Morgan fingerprint density at radius 3 is 2.79 bits per heavy atom. The molecule has 1 aromatic heterocycles. The Hall–Kier alpha value is -1.27. The molecule has 0 spiro atoms. The molecule has 102 valence electrons. The van der Waals surface area contributed by atoms with E-state index in [4.69, 9.17) is 10.5 Å². The maximum absolute atomic E-state index is 5.89. The maximum atomic E-state index is 5.89. The average molecular weight is 295 g/mol. The van der Waals surface area contributed by atoms with Crippen LogP contribution in [0.2, 0.25) is 0 Å². The number of rotatable bonds is 5. The summed E-state index contributed by atoms with van der Waals surface area (Å²) < 4.78 is 10.9. The molecular weight excluding hydrogens is 278 g/mol. The second-order valence-corrected chi connectivity index (χ2v) is 6.41. The minimum absolute atomic E-state index is 0.132. The molecule has 0 atom stereocenters. The van der Waals surface area contributed by atoms with Crippen molar-refractivity contribution >= 4 is 29.0 Å². The minimum atomic E-state index is 0.132. The van der Waals surface area contributed by atoms with Gasteiger partial charge in [-0.15, -0.1) is 0 Å². The van der Waals surface area contributed by atoms with Crippen LogP contribution < -0.4 is 10.5 Å². The lowest BCUT2D eigenvalue weighted by atomic mass is 10.3. The molecule has 1 heterocycles. The molecule has 0 aliphatic heterocycles. The predicted octanol–water partition coefficient (Wildman–Crippen LogP) is 3.62. The standard InChI is InChI=1S/C13H17N3OS2/c1-4-12-15-13(19-16-12)18-11-6-9(14)5-10(7-11)17-8(2)3/h5-8H,4,14H2,1-3H3. The van der Waals surface area contributed by atoms with Gasteiger partial charge in [-0.3, -0.25) is 0 Å². The van der Waals surface area contributed by atoms with Gasteiger partial charge in [0, 0.05) is 23.1 Å². The van der Waals surface area contributed by atoms with Gasteiger partial charge in [-0.1, -0.05) is 18.7 Å². The van der Waals surface area contributed by atoms with Gasteiger partial charge in [-0.25, -0.2) is 4.98 Å². The fraction of sp³-hybridized carbons (Fsp3) is 0.385. The molecule has 0 aliphatic rings. The SMILES string of the molecule is CCc1nsc(Sc2cc(N)cc(OC(C)C)c2)n1. The fourth-order valence-corrected chi connectivity index (χ4v) is 3.29. The smallest absolute Gasteiger partial charge is 0.174 e. The lowest BCUT2D eigenvalue weighted by molar-refractivity contribution is 0.242. The zero-order valence-electron chi connectivity index (χ0n) is 11.2. The molecule has 0 unspecified atom stereocenters. The van der Waals surface area contributed by atoms with Crippen LogP contribution in [0, 0.1) is 0 Å². The van der Waals surface area contributed by atoms with Gasteiger partial charge in [0.1, 0.15) is 11.6 Å². The number of anilines is 1. The molecule has 0 fully saturated rings. The summed E-state index contributed by atoms with van der Waals surface area (Å²) in [5.74, 6) is 1.67. The molecule has 2 N–H and O–H groups in total. The van der Waals surface area contributed by atoms with Crippen molar-refractivity contribution in [3.63, 3.8) is 0 Å². The van der Waals surface area contributed by atoms with Crippen LogP contribution >= 0.6 is 23.3 Å². The summed E-state index contributed by atoms with van der Waals surface area (Å²) in [6.07, 6.45) is 0.989.